The zero-order valence-electron chi connectivity index (χ0n) is 11.8. The number of imidazole rings is 1. The zero-order chi connectivity index (χ0) is 14.3. The Bertz CT molecular complexity index is 448. The Kier molecular flexibility index (Phi) is 6.03. The molecule has 104 valence electrons. The summed E-state index contributed by atoms with van der Waals surface area (Å²) in [5.41, 5.74) is 0. The van der Waals surface area contributed by atoms with Crippen molar-refractivity contribution in [1.82, 2.24) is 19.4 Å². The highest BCUT2D eigenvalue weighted by atomic mass is 16.2. The summed E-state index contributed by atoms with van der Waals surface area (Å²) in [6, 6.07) is 2.04. The lowest BCUT2D eigenvalue weighted by molar-refractivity contribution is -0.130. The van der Waals surface area contributed by atoms with E-state index in [-0.39, 0.29) is 5.91 Å². The van der Waals surface area contributed by atoms with E-state index < -0.39 is 0 Å². The molecule has 1 heterocycles. The molecule has 0 aliphatic heterocycles. The van der Waals surface area contributed by atoms with E-state index in [1.807, 2.05) is 30.9 Å². The van der Waals surface area contributed by atoms with Crippen LogP contribution in [0.25, 0.3) is 0 Å². The Labute approximate surface area is 114 Å². The minimum atomic E-state index is 0.0712. The van der Waals surface area contributed by atoms with Gasteiger partial charge in [0.1, 0.15) is 5.82 Å². The van der Waals surface area contributed by atoms with Crippen LogP contribution in [0.3, 0.4) is 0 Å². The van der Waals surface area contributed by atoms with Crippen molar-refractivity contribution in [1.29, 1.82) is 5.26 Å². The average Bonchev–Trinajstić information content (AvgIpc) is 2.78. The average molecular weight is 263 g/mol. The second-order valence-electron chi connectivity index (χ2n) is 4.67. The maximum atomic E-state index is 11.8. The number of carbonyl (C=O) groups is 1. The monoisotopic (exact) mass is 263 g/mol. The fraction of sp³-hybridized carbons (Fsp3) is 0.615. The molecule has 6 nitrogen and oxygen atoms in total. The predicted octanol–water partition coefficient (Wildman–Crippen LogP) is 0.614. The van der Waals surface area contributed by atoms with Crippen LogP contribution in [0.4, 0.5) is 0 Å². The molecule has 0 atom stereocenters. The highest BCUT2D eigenvalue weighted by Crippen LogP contribution is 2.01. The van der Waals surface area contributed by atoms with Crippen molar-refractivity contribution in [3.05, 3.63) is 18.2 Å². The first-order chi connectivity index (χ1) is 9.04. The van der Waals surface area contributed by atoms with E-state index in [1.54, 1.807) is 18.1 Å². The summed E-state index contributed by atoms with van der Waals surface area (Å²) in [5.74, 6) is 1.05. The summed E-state index contributed by atoms with van der Waals surface area (Å²) < 4.78 is 1.97. The third-order valence-corrected chi connectivity index (χ3v) is 3.02. The standard InChI is InChI=1S/C13H21N5O/c1-16(11-12-15-7-10-17(12)2)9-5-13(19)18(3)8-4-6-14/h7,10H,4-5,8-9,11H2,1-3H3. The fourth-order valence-electron chi connectivity index (χ4n) is 1.69. The van der Waals surface area contributed by atoms with Crippen LogP contribution in [-0.4, -0.2) is 52.4 Å². The Hall–Kier alpha value is -1.87. The molecule has 1 aromatic rings. The fourth-order valence-corrected chi connectivity index (χ4v) is 1.69. The van der Waals surface area contributed by atoms with Gasteiger partial charge in [0.15, 0.2) is 0 Å². The van der Waals surface area contributed by atoms with Crippen molar-refractivity contribution in [2.75, 3.05) is 27.2 Å². The molecule has 0 aliphatic carbocycles. The van der Waals surface area contributed by atoms with Gasteiger partial charge in [-0.3, -0.25) is 9.69 Å². The highest BCUT2D eigenvalue weighted by Gasteiger charge is 2.10. The Morgan fingerprint density at radius 3 is 2.79 bits per heavy atom. The van der Waals surface area contributed by atoms with Crippen LogP contribution in [-0.2, 0) is 18.4 Å². The number of aryl methyl sites for hydroxylation is 1. The Balaban J connectivity index is 2.30. The summed E-state index contributed by atoms with van der Waals surface area (Å²) in [6.45, 7) is 1.90. The van der Waals surface area contributed by atoms with Crippen LogP contribution in [0.2, 0.25) is 0 Å². The number of hydrogen-bond acceptors (Lipinski definition) is 4. The molecule has 0 spiro atoms. The first kappa shape index (κ1) is 15.2. The molecule has 0 N–H and O–H groups in total. The topological polar surface area (TPSA) is 65.2 Å². The maximum absolute atomic E-state index is 11.8. The molecular weight excluding hydrogens is 242 g/mol. The van der Waals surface area contributed by atoms with Crippen molar-refractivity contribution in [2.45, 2.75) is 19.4 Å². The predicted molar refractivity (Wildman–Crippen MR) is 72.0 cm³/mol. The number of rotatable bonds is 7. The van der Waals surface area contributed by atoms with Gasteiger partial charge in [0.2, 0.25) is 5.91 Å². The molecule has 0 unspecified atom stereocenters. The number of hydrogen-bond donors (Lipinski definition) is 0. The van der Waals surface area contributed by atoms with E-state index in [0.29, 0.717) is 25.9 Å². The molecule has 0 saturated heterocycles. The van der Waals surface area contributed by atoms with E-state index >= 15 is 0 Å². The lowest BCUT2D eigenvalue weighted by atomic mass is 10.3. The van der Waals surface area contributed by atoms with Crippen molar-refractivity contribution < 1.29 is 4.79 Å². The number of amides is 1. The molecule has 1 aromatic heterocycles. The van der Waals surface area contributed by atoms with E-state index in [0.717, 1.165) is 12.4 Å². The van der Waals surface area contributed by atoms with Crippen LogP contribution in [0.5, 0.6) is 0 Å². The normalized spacial score (nSPS) is 10.5. The second-order valence-corrected chi connectivity index (χ2v) is 4.67. The van der Waals surface area contributed by atoms with E-state index in [4.69, 9.17) is 5.26 Å². The van der Waals surface area contributed by atoms with E-state index in [2.05, 4.69) is 9.88 Å². The molecule has 0 fully saturated rings. The van der Waals surface area contributed by atoms with Gasteiger partial charge in [-0.15, -0.1) is 0 Å². The van der Waals surface area contributed by atoms with Crippen LogP contribution in [0, 0.1) is 11.3 Å². The number of carbonyl (C=O) groups excluding carboxylic acids is 1. The van der Waals surface area contributed by atoms with Crippen LogP contribution >= 0.6 is 0 Å². The number of nitrogens with zero attached hydrogens (tertiary/aromatic N) is 5. The minimum absolute atomic E-state index is 0.0712. The molecule has 0 bridgehead atoms. The summed E-state index contributed by atoms with van der Waals surface area (Å²) >= 11 is 0. The SMILES string of the molecule is CN(CCC(=O)N(C)CCC#N)Cc1nccn1C. The maximum Gasteiger partial charge on any atom is 0.223 e. The smallest absolute Gasteiger partial charge is 0.223 e. The summed E-state index contributed by atoms with van der Waals surface area (Å²) in [7, 11) is 5.66. The number of nitriles is 1. The molecule has 0 aromatic carbocycles. The molecule has 6 heteroatoms. The summed E-state index contributed by atoms with van der Waals surface area (Å²) in [5, 5.41) is 8.48. The minimum Gasteiger partial charge on any atom is -0.345 e. The van der Waals surface area contributed by atoms with Gasteiger partial charge in [0.25, 0.3) is 0 Å². The third kappa shape index (κ3) is 5.10. The van der Waals surface area contributed by atoms with Gasteiger partial charge < -0.3 is 9.47 Å². The van der Waals surface area contributed by atoms with Crippen molar-refractivity contribution in [3.63, 3.8) is 0 Å². The molecule has 0 saturated carbocycles. The van der Waals surface area contributed by atoms with E-state index in [9.17, 15) is 4.79 Å². The van der Waals surface area contributed by atoms with E-state index in [1.165, 1.54) is 0 Å². The molecular formula is C13H21N5O. The molecule has 19 heavy (non-hydrogen) atoms. The zero-order valence-corrected chi connectivity index (χ0v) is 11.8. The third-order valence-electron chi connectivity index (χ3n) is 3.02. The van der Waals surface area contributed by atoms with Gasteiger partial charge in [-0.2, -0.15) is 5.26 Å². The van der Waals surface area contributed by atoms with Gasteiger partial charge in [-0.25, -0.2) is 4.98 Å². The Morgan fingerprint density at radius 2 is 2.21 bits per heavy atom. The van der Waals surface area contributed by atoms with Crippen molar-refractivity contribution in [2.24, 2.45) is 7.05 Å². The largest absolute Gasteiger partial charge is 0.345 e. The lowest BCUT2D eigenvalue weighted by Gasteiger charge is -2.19. The van der Waals surface area contributed by atoms with Gasteiger partial charge in [-0.1, -0.05) is 0 Å². The van der Waals surface area contributed by atoms with Crippen LogP contribution in [0.15, 0.2) is 12.4 Å². The quantitative estimate of drug-likeness (QED) is 0.723. The van der Waals surface area contributed by atoms with Gasteiger partial charge >= 0.3 is 0 Å². The van der Waals surface area contributed by atoms with Crippen LogP contribution in [0.1, 0.15) is 18.7 Å². The Morgan fingerprint density at radius 1 is 1.47 bits per heavy atom. The van der Waals surface area contributed by atoms with Gasteiger partial charge in [0, 0.05) is 46.0 Å². The molecule has 1 amide bonds. The van der Waals surface area contributed by atoms with Gasteiger partial charge in [-0.05, 0) is 7.05 Å². The van der Waals surface area contributed by atoms with Crippen molar-refractivity contribution in [3.8, 4) is 6.07 Å². The number of aromatic nitrogens is 2. The molecule has 1 rings (SSSR count). The highest BCUT2D eigenvalue weighted by molar-refractivity contribution is 5.76. The summed E-state index contributed by atoms with van der Waals surface area (Å²) in [4.78, 5) is 19.7. The lowest BCUT2D eigenvalue weighted by Crippen LogP contribution is -2.31. The van der Waals surface area contributed by atoms with Gasteiger partial charge in [0.05, 0.1) is 19.0 Å². The second kappa shape index (κ2) is 7.54. The first-order valence-corrected chi connectivity index (χ1v) is 6.30. The molecule has 0 aliphatic rings. The molecule has 0 radical (unpaired) electrons. The van der Waals surface area contributed by atoms with Crippen LogP contribution < -0.4 is 0 Å². The first-order valence-electron chi connectivity index (χ1n) is 6.30. The van der Waals surface area contributed by atoms with Crippen molar-refractivity contribution >= 4 is 5.91 Å². The summed E-state index contributed by atoms with van der Waals surface area (Å²) in [6.07, 6.45) is 4.52.